The molecule has 2 aromatic carbocycles. The van der Waals surface area contributed by atoms with Crippen LogP contribution in [-0.2, 0) is 16.6 Å². The van der Waals surface area contributed by atoms with E-state index in [1.807, 2.05) is 0 Å². The molecule has 0 bridgehead atoms. The minimum atomic E-state index is -3.74. The molecular formula is C16H17N3O4S2. The Bertz CT molecular complexity index is 1000. The van der Waals surface area contributed by atoms with Gasteiger partial charge in [0.25, 0.3) is 0 Å². The Morgan fingerprint density at radius 1 is 1.08 bits per heavy atom. The maximum Gasteiger partial charge on any atom is 0.245 e. The lowest BCUT2D eigenvalue weighted by atomic mass is 10.2. The van der Waals surface area contributed by atoms with Crippen molar-refractivity contribution in [3.63, 3.8) is 0 Å². The lowest BCUT2D eigenvalue weighted by Crippen LogP contribution is -2.27. The average molecular weight is 379 g/mol. The van der Waals surface area contributed by atoms with Crippen molar-refractivity contribution in [1.82, 2.24) is 13.1 Å². The predicted molar refractivity (Wildman–Crippen MR) is 95.6 cm³/mol. The van der Waals surface area contributed by atoms with E-state index in [-0.39, 0.29) is 11.4 Å². The number of ether oxygens (including phenoxy) is 2. The first kappa shape index (κ1) is 17.6. The second kappa shape index (κ2) is 6.95. The Hall–Kier alpha value is -2.23. The first-order valence-corrected chi connectivity index (χ1v) is 9.53. The molecule has 0 unspecified atom stereocenters. The maximum absolute atomic E-state index is 13.0. The maximum atomic E-state index is 13.0. The van der Waals surface area contributed by atoms with Crippen molar-refractivity contribution in [1.29, 1.82) is 0 Å². The third-order valence-electron chi connectivity index (χ3n) is 3.81. The van der Waals surface area contributed by atoms with Gasteiger partial charge >= 0.3 is 0 Å². The third kappa shape index (κ3) is 3.17. The SMILES string of the molecule is COc1cccc(CN(C)S(=O)(=O)c2cccc3nsnc23)c1OC. The highest BCUT2D eigenvalue weighted by Gasteiger charge is 2.26. The van der Waals surface area contributed by atoms with Crippen molar-refractivity contribution in [2.24, 2.45) is 0 Å². The second-order valence-electron chi connectivity index (χ2n) is 5.30. The number of benzene rings is 2. The molecular weight excluding hydrogens is 362 g/mol. The first-order valence-electron chi connectivity index (χ1n) is 7.36. The van der Waals surface area contributed by atoms with Crippen LogP contribution in [0.2, 0.25) is 0 Å². The molecule has 7 nitrogen and oxygen atoms in total. The molecule has 3 rings (SSSR count). The molecule has 0 N–H and O–H groups in total. The molecule has 0 atom stereocenters. The van der Waals surface area contributed by atoms with Gasteiger partial charge in [0, 0.05) is 19.2 Å². The largest absolute Gasteiger partial charge is 0.493 e. The van der Waals surface area contributed by atoms with E-state index in [9.17, 15) is 8.42 Å². The van der Waals surface area contributed by atoms with Crippen molar-refractivity contribution in [3.8, 4) is 11.5 Å². The van der Waals surface area contributed by atoms with E-state index in [2.05, 4.69) is 8.75 Å². The second-order valence-corrected chi connectivity index (χ2v) is 7.84. The summed E-state index contributed by atoms with van der Waals surface area (Å²) in [6, 6.07) is 10.3. The fourth-order valence-corrected chi connectivity index (χ4v) is 4.46. The molecule has 3 aromatic rings. The number of rotatable bonds is 6. The zero-order chi connectivity index (χ0) is 18.0. The summed E-state index contributed by atoms with van der Waals surface area (Å²) in [7, 11) is 0.849. The van der Waals surface area contributed by atoms with Gasteiger partial charge in [-0.3, -0.25) is 0 Å². The average Bonchev–Trinajstić information content (AvgIpc) is 3.09. The highest BCUT2D eigenvalue weighted by atomic mass is 32.2. The minimum Gasteiger partial charge on any atom is -0.493 e. The van der Waals surface area contributed by atoms with Crippen LogP contribution in [0.15, 0.2) is 41.3 Å². The normalized spacial score (nSPS) is 11.8. The summed E-state index contributed by atoms with van der Waals surface area (Å²) in [4.78, 5) is 0.142. The van der Waals surface area contributed by atoms with Crippen LogP contribution in [0.1, 0.15) is 5.56 Å². The minimum absolute atomic E-state index is 0.136. The van der Waals surface area contributed by atoms with Gasteiger partial charge in [0.2, 0.25) is 10.0 Å². The summed E-state index contributed by atoms with van der Waals surface area (Å²) in [5, 5.41) is 0. The van der Waals surface area contributed by atoms with Gasteiger partial charge in [-0.1, -0.05) is 18.2 Å². The van der Waals surface area contributed by atoms with Gasteiger partial charge in [-0.25, -0.2) is 8.42 Å². The topological polar surface area (TPSA) is 81.6 Å². The molecule has 0 aliphatic heterocycles. The van der Waals surface area contributed by atoms with E-state index >= 15 is 0 Å². The summed E-state index contributed by atoms with van der Waals surface area (Å²) in [5.41, 5.74) is 1.66. The molecule has 0 saturated heterocycles. The van der Waals surface area contributed by atoms with E-state index in [1.54, 1.807) is 36.4 Å². The third-order valence-corrected chi connectivity index (χ3v) is 6.19. The van der Waals surface area contributed by atoms with Crippen LogP contribution in [0.5, 0.6) is 11.5 Å². The summed E-state index contributed by atoms with van der Waals surface area (Å²) in [6.07, 6.45) is 0. The number of methoxy groups -OCH3 is 2. The Morgan fingerprint density at radius 2 is 1.84 bits per heavy atom. The van der Waals surface area contributed by atoms with Crippen LogP contribution in [0, 0.1) is 0 Å². The molecule has 132 valence electrons. The molecule has 0 radical (unpaired) electrons. The number of hydrogen-bond acceptors (Lipinski definition) is 7. The lowest BCUT2D eigenvalue weighted by molar-refractivity contribution is 0.347. The van der Waals surface area contributed by atoms with Crippen LogP contribution in [0.3, 0.4) is 0 Å². The lowest BCUT2D eigenvalue weighted by Gasteiger charge is -2.19. The van der Waals surface area contributed by atoms with E-state index in [1.165, 1.54) is 25.6 Å². The summed E-state index contributed by atoms with van der Waals surface area (Å²) in [5.74, 6) is 1.07. The van der Waals surface area contributed by atoms with Gasteiger partial charge in [0.15, 0.2) is 11.5 Å². The number of aromatic nitrogens is 2. The molecule has 0 amide bonds. The Kier molecular flexibility index (Phi) is 4.89. The van der Waals surface area contributed by atoms with Crippen LogP contribution in [0.4, 0.5) is 0 Å². The standard InChI is InChI=1S/C16H17N3O4S2/c1-19(10-11-6-4-8-13(22-2)16(11)23-3)25(20,21)14-9-5-7-12-15(14)18-24-17-12/h4-9H,10H2,1-3H3. The van der Waals surface area contributed by atoms with Crippen molar-refractivity contribution in [2.45, 2.75) is 11.4 Å². The molecule has 1 heterocycles. The smallest absolute Gasteiger partial charge is 0.245 e. The molecule has 1 aromatic heterocycles. The van der Waals surface area contributed by atoms with Gasteiger partial charge in [0.05, 0.1) is 25.9 Å². The van der Waals surface area contributed by atoms with Crippen LogP contribution in [0.25, 0.3) is 11.0 Å². The molecule has 0 spiro atoms. The van der Waals surface area contributed by atoms with E-state index in [0.717, 1.165) is 11.7 Å². The number of nitrogens with zero attached hydrogens (tertiary/aromatic N) is 3. The van der Waals surface area contributed by atoms with Gasteiger partial charge < -0.3 is 9.47 Å². The molecule has 0 fully saturated rings. The van der Waals surface area contributed by atoms with Gasteiger partial charge in [-0.05, 0) is 18.2 Å². The Balaban J connectivity index is 1.98. The Morgan fingerprint density at radius 3 is 2.56 bits per heavy atom. The van der Waals surface area contributed by atoms with Crippen molar-refractivity contribution in [3.05, 3.63) is 42.0 Å². The summed E-state index contributed by atoms with van der Waals surface area (Å²) < 4.78 is 46.1. The van der Waals surface area contributed by atoms with E-state index in [4.69, 9.17) is 9.47 Å². The van der Waals surface area contributed by atoms with E-state index in [0.29, 0.717) is 28.1 Å². The summed E-state index contributed by atoms with van der Waals surface area (Å²) >= 11 is 0.990. The number of para-hydroxylation sites is 1. The monoisotopic (exact) mass is 379 g/mol. The van der Waals surface area contributed by atoms with Gasteiger partial charge in [0.1, 0.15) is 15.9 Å². The highest BCUT2D eigenvalue weighted by Crippen LogP contribution is 2.32. The van der Waals surface area contributed by atoms with Crippen molar-refractivity contribution < 1.29 is 17.9 Å². The number of hydrogen-bond donors (Lipinski definition) is 0. The van der Waals surface area contributed by atoms with Crippen molar-refractivity contribution >= 4 is 32.8 Å². The fraction of sp³-hybridized carbons (Fsp3) is 0.250. The van der Waals surface area contributed by atoms with Crippen LogP contribution < -0.4 is 9.47 Å². The molecule has 0 aliphatic rings. The summed E-state index contributed by atoms with van der Waals surface area (Å²) in [6.45, 7) is 0.136. The first-order chi connectivity index (χ1) is 12.0. The van der Waals surface area contributed by atoms with Crippen LogP contribution >= 0.6 is 11.7 Å². The Labute approximate surface area is 150 Å². The van der Waals surface area contributed by atoms with Crippen LogP contribution in [-0.4, -0.2) is 42.7 Å². The fourth-order valence-electron chi connectivity index (χ4n) is 2.56. The quantitative estimate of drug-likeness (QED) is 0.655. The predicted octanol–water partition coefficient (Wildman–Crippen LogP) is 2.53. The zero-order valence-corrected chi connectivity index (χ0v) is 15.6. The molecule has 9 heteroatoms. The van der Waals surface area contributed by atoms with Gasteiger partial charge in [-0.2, -0.15) is 13.1 Å². The molecule has 0 aliphatic carbocycles. The number of fused-ring (bicyclic) bond motifs is 1. The van der Waals surface area contributed by atoms with E-state index < -0.39 is 10.0 Å². The highest BCUT2D eigenvalue weighted by molar-refractivity contribution is 7.89. The van der Waals surface area contributed by atoms with Crippen molar-refractivity contribution in [2.75, 3.05) is 21.3 Å². The van der Waals surface area contributed by atoms with Gasteiger partial charge in [-0.15, -0.1) is 0 Å². The molecule has 0 saturated carbocycles. The zero-order valence-electron chi connectivity index (χ0n) is 14.0. The number of sulfonamides is 1. The molecule has 25 heavy (non-hydrogen) atoms.